The highest BCUT2D eigenvalue weighted by Gasteiger charge is 2.11. The van der Waals surface area contributed by atoms with Gasteiger partial charge in [0.25, 0.3) is 0 Å². The molecule has 0 fully saturated rings. The summed E-state index contributed by atoms with van der Waals surface area (Å²) < 4.78 is 10.9. The molecule has 0 heterocycles. The number of esters is 1. The van der Waals surface area contributed by atoms with Gasteiger partial charge in [0.1, 0.15) is 5.75 Å². The van der Waals surface area contributed by atoms with Crippen LogP contribution in [0.25, 0.3) is 0 Å². The van der Waals surface area contributed by atoms with Crippen molar-refractivity contribution < 1.29 is 19.1 Å². The van der Waals surface area contributed by atoms with Crippen molar-refractivity contribution in [2.75, 3.05) is 27.3 Å². The molecule has 0 N–H and O–H groups in total. The van der Waals surface area contributed by atoms with Gasteiger partial charge in [-0.05, 0) is 18.2 Å². The molecule has 0 saturated heterocycles. The Morgan fingerprint density at radius 2 is 2.05 bits per heavy atom. The number of nitrogens with zero attached hydrogens (tertiary/aromatic N) is 1. The van der Waals surface area contributed by atoms with Crippen molar-refractivity contribution in [3.05, 3.63) is 28.7 Å². The third-order valence-electron chi connectivity index (χ3n) is 2.69. The Kier molecular flexibility index (Phi) is 7.08. The fourth-order valence-corrected chi connectivity index (χ4v) is 1.87. The lowest BCUT2D eigenvalue weighted by Gasteiger charge is -2.16. The summed E-state index contributed by atoms with van der Waals surface area (Å²) in [7, 11) is 2.99. The molecular weight excluding hydrogens is 326 g/mol. The number of rotatable bonds is 7. The summed E-state index contributed by atoms with van der Waals surface area (Å²) in [6.45, 7) is 0.653. The highest BCUT2D eigenvalue weighted by molar-refractivity contribution is 9.10. The third kappa shape index (κ3) is 6.06. The van der Waals surface area contributed by atoms with Crippen molar-refractivity contribution >= 4 is 27.8 Å². The second-order valence-corrected chi connectivity index (χ2v) is 5.11. The van der Waals surface area contributed by atoms with Crippen molar-refractivity contribution in [2.24, 2.45) is 0 Å². The van der Waals surface area contributed by atoms with Gasteiger partial charge in [-0.2, -0.15) is 0 Å². The van der Waals surface area contributed by atoms with Crippen LogP contribution in [0, 0.1) is 0 Å². The molecule has 0 aliphatic heterocycles. The number of hydrogen-bond acceptors (Lipinski definition) is 4. The van der Waals surface area contributed by atoms with E-state index in [1.54, 1.807) is 7.05 Å². The van der Waals surface area contributed by atoms with Gasteiger partial charge < -0.3 is 14.4 Å². The quantitative estimate of drug-likeness (QED) is 0.712. The van der Waals surface area contributed by atoms with Gasteiger partial charge >= 0.3 is 5.97 Å². The number of carbonyl (C=O) groups is 2. The maximum Gasteiger partial charge on any atom is 0.307 e. The molecule has 5 nitrogen and oxygen atoms in total. The summed E-state index contributed by atoms with van der Waals surface area (Å²) in [5.41, 5.74) is 0. The fourth-order valence-electron chi connectivity index (χ4n) is 1.49. The van der Waals surface area contributed by atoms with Crippen LogP contribution in [0.3, 0.4) is 0 Å². The Balaban J connectivity index is 2.27. The molecular formula is C14H18BrNO4. The summed E-state index contributed by atoms with van der Waals surface area (Å²) in [6.07, 6.45) is 0.468. The van der Waals surface area contributed by atoms with Crippen LogP contribution in [0.15, 0.2) is 28.7 Å². The first-order chi connectivity index (χ1) is 9.52. The Morgan fingerprint density at radius 3 is 2.70 bits per heavy atom. The second-order valence-electron chi connectivity index (χ2n) is 4.20. The lowest BCUT2D eigenvalue weighted by molar-refractivity contribution is -0.141. The Morgan fingerprint density at radius 1 is 1.30 bits per heavy atom. The van der Waals surface area contributed by atoms with Crippen LogP contribution in [-0.4, -0.2) is 44.1 Å². The molecule has 6 heteroatoms. The van der Waals surface area contributed by atoms with E-state index in [0.717, 1.165) is 4.47 Å². The number of methoxy groups -OCH3 is 1. The first kappa shape index (κ1) is 16.5. The minimum atomic E-state index is -0.324. The van der Waals surface area contributed by atoms with E-state index < -0.39 is 0 Å². The van der Waals surface area contributed by atoms with Crippen LogP contribution >= 0.6 is 15.9 Å². The number of hydrogen-bond donors (Lipinski definition) is 0. The molecule has 0 bridgehead atoms. The molecule has 1 aromatic rings. The molecule has 0 saturated carbocycles. The Bertz CT molecular complexity index is 464. The minimum Gasteiger partial charge on any atom is -0.493 e. The first-order valence-electron chi connectivity index (χ1n) is 6.22. The molecule has 0 spiro atoms. The average molecular weight is 344 g/mol. The highest BCUT2D eigenvalue weighted by Crippen LogP contribution is 2.17. The summed E-state index contributed by atoms with van der Waals surface area (Å²) >= 11 is 3.35. The van der Waals surface area contributed by atoms with Gasteiger partial charge in [-0.1, -0.05) is 22.0 Å². The van der Waals surface area contributed by atoms with Gasteiger partial charge in [0.05, 0.1) is 26.6 Å². The summed E-state index contributed by atoms with van der Waals surface area (Å²) in [5, 5.41) is 0. The predicted molar refractivity (Wildman–Crippen MR) is 78.5 cm³/mol. The van der Waals surface area contributed by atoms with Crippen LogP contribution in [0.1, 0.15) is 12.8 Å². The highest BCUT2D eigenvalue weighted by atomic mass is 79.9. The van der Waals surface area contributed by atoms with Gasteiger partial charge in [0.2, 0.25) is 5.91 Å². The Labute approximate surface area is 127 Å². The van der Waals surface area contributed by atoms with Crippen LogP contribution in [0.2, 0.25) is 0 Å². The lowest BCUT2D eigenvalue weighted by atomic mass is 10.3. The van der Waals surface area contributed by atoms with E-state index in [0.29, 0.717) is 18.9 Å². The molecule has 20 heavy (non-hydrogen) atoms. The van der Waals surface area contributed by atoms with Crippen molar-refractivity contribution in [1.82, 2.24) is 4.90 Å². The molecule has 0 unspecified atom stereocenters. The summed E-state index contributed by atoms with van der Waals surface area (Å²) in [4.78, 5) is 24.3. The molecule has 0 aromatic heterocycles. The van der Waals surface area contributed by atoms with Crippen LogP contribution < -0.4 is 4.74 Å². The zero-order valence-electron chi connectivity index (χ0n) is 11.6. The van der Waals surface area contributed by atoms with E-state index in [1.165, 1.54) is 12.0 Å². The zero-order chi connectivity index (χ0) is 15.0. The van der Waals surface area contributed by atoms with Crippen LogP contribution in [0.5, 0.6) is 5.75 Å². The maximum atomic E-state index is 11.8. The number of ether oxygens (including phenoxy) is 2. The SMILES string of the molecule is COC(=O)CCN(C)C(=O)CCOc1cccc(Br)c1. The van der Waals surface area contributed by atoms with Gasteiger partial charge in [-0.25, -0.2) is 0 Å². The molecule has 0 radical (unpaired) electrons. The van der Waals surface area contributed by atoms with E-state index >= 15 is 0 Å². The van der Waals surface area contributed by atoms with Gasteiger partial charge in [0, 0.05) is 18.1 Å². The fraction of sp³-hybridized carbons (Fsp3) is 0.429. The summed E-state index contributed by atoms with van der Waals surface area (Å²) in [5.74, 6) is 0.323. The smallest absolute Gasteiger partial charge is 0.307 e. The molecule has 0 aliphatic rings. The second kappa shape index (κ2) is 8.58. The number of carbonyl (C=O) groups excluding carboxylic acids is 2. The zero-order valence-corrected chi connectivity index (χ0v) is 13.2. The monoisotopic (exact) mass is 343 g/mol. The number of amides is 1. The van der Waals surface area contributed by atoms with Gasteiger partial charge in [0.15, 0.2) is 0 Å². The summed E-state index contributed by atoms with van der Waals surface area (Å²) in [6, 6.07) is 7.43. The van der Waals surface area contributed by atoms with Gasteiger partial charge in [-0.3, -0.25) is 9.59 Å². The van der Waals surface area contributed by atoms with E-state index in [2.05, 4.69) is 20.7 Å². The molecule has 1 rings (SSSR count). The van der Waals surface area contributed by atoms with Crippen molar-refractivity contribution in [3.8, 4) is 5.75 Å². The molecule has 0 aliphatic carbocycles. The minimum absolute atomic E-state index is 0.0658. The average Bonchev–Trinajstić information content (AvgIpc) is 2.44. The topological polar surface area (TPSA) is 55.8 Å². The van der Waals surface area contributed by atoms with Crippen LogP contribution in [0.4, 0.5) is 0 Å². The largest absolute Gasteiger partial charge is 0.493 e. The van der Waals surface area contributed by atoms with E-state index in [4.69, 9.17) is 4.74 Å². The molecule has 0 atom stereocenters. The van der Waals surface area contributed by atoms with E-state index in [-0.39, 0.29) is 24.7 Å². The third-order valence-corrected chi connectivity index (χ3v) is 3.18. The Hall–Kier alpha value is -1.56. The van der Waals surface area contributed by atoms with E-state index in [1.807, 2.05) is 24.3 Å². The lowest BCUT2D eigenvalue weighted by Crippen LogP contribution is -2.30. The van der Waals surface area contributed by atoms with Crippen molar-refractivity contribution in [2.45, 2.75) is 12.8 Å². The maximum absolute atomic E-state index is 11.8. The van der Waals surface area contributed by atoms with Crippen molar-refractivity contribution in [1.29, 1.82) is 0 Å². The van der Waals surface area contributed by atoms with Crippen molar-refractivity contribution in [3.63, 3.8) is 0 Å². The van der Waals surface area contributed by atoms with E-state index in [9.17, 15) is 9.59 Å². The molecule has 1 amide bonds. The standard InChI is InChI=1S/C14H18BrNO4/c1-16(8-6-14(18)19-2)13(17)7-9-20-12-5-3-4-11(15)10-12/h3-5,10H,6-9H2,1-2H3. The number of halogens is 1. The molecule has 110 valence electrons. The first-order valence-corrected chi connectivity index (χ1v) is 7.01. The number of benzene rings is 1. The normalized spacial score (nSPS) is 9.95. The van der Waals surface area contributed by atoms with Crippen LogP contribution in [-0.2, 0) is 14.3 Å². The molecule has 1 aromatic carbocycles. The predicted octanol–water partition coefficient (Wildman–Crippen LogP) is 2.24. The van der Waals surface area contributed by atoms with Gasteiger partial charge in [-0.15, -0.1) is 0 Å².